The van der Waals surface area contributed by atoms with Crippen molar-refractivity contribution in [3.63, 3.8) is 0 Å². The predicted molar refractivity (Wildman–Crippen MR) is 95.9 cm³/mol. The van der Waals surface area contributed by atoms with Crippen molar-refractivity contribution in [3.8, 4) is 11.8 Å². The molecule has 122 valence electrons. The fraction of sp³-hybridized carbons (Fsp3) is 0.0526. The maximum Gasteiger partial charge on any atom is 0.235 e. The van der Waals surface area contributed by atoms with Gasteiger partial charge in [0.05, 0.1) is 11.3 Å². The van der Waals surface area contributed by atoms with Gasteiger partial charge in [0, 0.05) is 4.47 Å². The van der Waals surface area contributed by atoms with Gasteiger partial charge in [0.1, 0.15) is 17.2 Å². The molecule has 25 heavy (non-hydrogen) atoms. The van der Waals surface area contributed by atoms with Crippen molar-refractivity contribution in [1.29, 1.82) is 5.26 Å². The fourth-order valence-corrected chi connectivity index (χ4v) is 3.41. The average molecular weight is 395 g/mol. The Labute approximate surface area is 151 Å². The highest BCUT2D eigenvalue weighted by Crippen LogP contribution is 2.42. The van der Waals surface area contributed by atoms with Crippen LogP contribution in [0.5, 0.6) is 5.75 Å². The Morgan fingerprint density at radius 2 is 1.96 bits per heavy atom. The Morgan fingerprint density at radius 1 is 1.16 bits per heavy atom. The molecule has 2 N–H and O–H groups in total. The van der Waals surface area contributed by atoms with Crippen molar-refractivity contribution in [2.75, 3.05) is 0 Å². The zero-order valence-electron chi connectivity index (χ0n) is 12.8. The van der Waals surface area contributed by atoms with Gasteiger partial charge in [0.25, 0.3) is 0 Å². The highest BCUT2D eigenvalue weighted by Gasteiger charge is 2.35. The molecule has 0 aliphatic carbocycles. The van der Waals surface area contributed by atoms with Gasteiger partial charge in [-0.05, 0) is 29.8 Å². The summed E-state index contributed by atoms with van der Waals surface area (Å²) in [7, 11) is 0. The van der Waals surface area contributed by atoms with Gasteiger partial charge < -0.3 is 14.9 Å². The van der Waals surface area contributed by atoms with Crippen molar-refractivity contribution in [3.05, 3.63) is 86.0 Å². The summed E-state index contributed by atoms with van der Waals surface area (Å²) in [5.74, 6) is -0.376. The van der Waals surface area contributed by atoms with E-state index in [0.717, 1.165) is 10.0 Å². The standard InChI is InChI=1S/C19H11BrN2O3/c20-11-5-3-4-10(8-11)15-13(9-21)19(22)25-18-16(23)12-6-1-2-7-14(12)24-17(15)18/h1-8,15H,22H2. The van der Waals surface area contributed by atoms with E-state index < -0.39 is 5.92 Å². The van der Waals surface area contributed by atoms with Crippen LogP contribution in [-0.4, -0.2) is 0 Å². The number of halogens is 1. The van der Waals surface area contributed by atoms with Crippen LogP contribution in [-0.2, 0) is 0 Å². The minimum Gasteiger partial charge on any atom is -0.456 e. The van der Waals surface area contributed by atoms with Gasteiger partial charge >= 0.3 is 0 Å². The highest BCUT2D eigenvalue weighted by molar-refractivity contribution is 9.10. The number of benzene rings is 2. The number of ether oxygens (including phenoxy) is 1. The molecule has 6 heteroatoms. The first-order chi connectivity index (χ1) is 12.1. The molecule has 3 aromatic rings. The Bertz CT molecular complexity index is 1140. The molecule has 2 heterocycles. The quantitative estimate of drug-likeness (QED) is 0.678. The molecule has 0 spiro atoms. The van der Waals surface area contributed by atoms with Crippen LogP contribution < -0.4 is 15.9 Å². The minimum absolute atomic E-state index is 0.0279. The summed E-state index contributed by atoms with van der Waals surface area (Å²) in [5, 5.41) is 9.98. The van der Waals surface area contributed by atoms with Gasteiger partial charge in [-0.25, -0.2) is 0 Å². The fourth-order valence-electron chi connectivity index (χ4n) is 2.99. The number of allylic oxidation sites excluding steroid dienone is 1. The molecule has 0 fully saturated rings. The summed E-state index contributed by atoms with van der Waals surface area (Å²) in [5.41, 5.74) is 7.04. The summed E-state index contributed by atoms with van der Waals surface area (Å²) in [4.78, 5) is 12.8. The van der Waals surface area contributed by atoms with Crippen molar-refractivity contribution in [2.24, 2.45) is 5.73 Å². The van der Waals surface area contributed by atoms with E-state index in [-0.39, 0.29) is 28.4 Å². The minimum atomic E-state index is -0.608. The van der Waals surface area contributed by atoms with Crippen molar-refractivity contribution < 1.29 is 9.15 Å². The van der Waals surface area contributed by atoms with E-state index in [4.69, 9.17) is 14.9 Å². The van der Waals surface area contributed by atoms with Crippen LogP contribution in [0.3, 0.4) is 0 Å². The van der Waals surface area contributed by atoms with E-state index >= 15 is 0 Å². The predicted octanol–water partition coefficient (Wildman–Crippen LogP) is 3.77. The first-order valence-electron chi connectivity index (χ1n) is 7.49. The van der Waals surface area contributed by atoms with E-state index in [1.807, 2.05) is 24.3 Å². The number of hydrogen-bond donors (Lipinski definition) is 1. The summed E-state index contributed by atoms with van der Waals surface area (Å²) in [6, 6.07) is 16.4. The van der Waals surface area contributed by atoms with Crippen molar-refractivity contribution >= 4 is 26.9 Å². The third-order valence-electron chi connectivity index (χ3n) is 4.11. The van der Waals surface area contributed by atoms with E-state index in [9.17, 15) is 10.1 Å². The summed E-state index contributed by atoms with van der Waals surface area (Å²) >= 11 is 3.43. The lowest BCUT2D eigenvalue weighted by Crippen LogP contribution is -2.25. The molecule has 2 aromatic carbocycles. The van der Waals surface area contributed by atoms with Crippen LogP contribution >= 0.6 is 15.9 Å². The lowest BCUT2D eigenvalue weighted by atomic mass is 9.87. The number of nitriles is 1. The molecule has 0 saturated carbocycles. The summed E-state index contributed by atoms with van der Waals surface area (Å²) in [6.45, 7) is 0. The number of para-hydroxylation sites is 1. The van der Waals surface area contributed by atoms with E-state index in [1.165, 1.54) is 0 Å². The van der Waals surface area contributed by atoms with Crippen LogP contribution in [0, 0.1) is 11.3 Å². The molecule has 4 rings (SSSR count). The second-order valence-corrected chi connectivity index (χ2v) is 6.52. The van der Waals surface area contributed by atoms with Crippen LogP contribution in [0.2, 0.25) is 0 Å². The SMILES string of the molecule is N#CC1=C(N)Oc2c(oc3ccccc3c2=O)C1c1cccc(Br)c1. The number of nitrogens with zero attached hydrogens (tertiary/aromatic N) is 1. The highest BCUT2D eigenvalue weighted by atomic mass is 79.9. The second-order valence-electron chi connectivity index (χ2n) is 5.60. The Kier molecular flexibility index (Phi) is 3.59. The Hall–Kier alpha value is -3.04. The average Bonchev–Trinajstić information content (AvgIpc) is 2.62. The molecule has 1 aliphatic heterocycles. The number of fused-ring (bicyclic) bond motifs is 2. The third kappa shape index (κ3) is 2.41. The normalized spacial score (nSPS) is 16.2. The lowest BCUT2D eigenvalue weighted by molar-refractivity contribution is 0.354. The molecular formula is C19H11BrN2O3. The topological polar surface area (TPSA) is 89.2 Å². The lowest BCUT2D eigenvalue weighted by Gasteiger charge is -2.24. The molecule has 0 amide bonds. The van der Waals surface area contributed by atoms with Crippen LogP contribution in [0.1, 0.15) is 17.2 Å². The second kappa shape index (κ2) is 5.80. The zero-order valence-corrected chi connectivity index (χ0v) is 14.4. The van der Waals surface area contributed by atoms with Gasteiger partial charge in [0.15, 0.2) is 5.76 Å². The molecule has 1 aliphatic rings. The third-order valence-corrected chi connectivity index (χ3v) is 4.61. The van der Waals surface area contributed by atoms with E-state index in [1.54, 1.807) is 24.3 Å². The molecule has 1 unspecified atom stereocenters. The van der Waals surface area contributed by atoms with E-state index in [2.05, 4.69) is 22.0 Å². The van der Waals surface area contributed by atoms with Crippen LogP contribution in [0.4, 0.5) is 0 Å². The monoisotopic (exact) mass is 394 g/mol. The van der Waals surface area contributed by atoms with Crippen LogP contribution in [0.25, 0.3) is 11.0 Å². The molecule has 0 radical (unpaired) electrons. The van der Waals surface area contributed by atoms with Gasteiger partial charge in [-0.15, -0.1) is 0 Å². The number of hydrogen-bond acceptors (Lipinski definition) is 5. The van der Waals surface area contributed by atoms with Crippen molar-refractivity contribution in [2.45, 2.75) is 5.92 Å². The number of rotatable bonds is 1. The number of nitrogens with two attached hydrogens (primary N) is 1. The van der Waals surface area contributed by atoms with Gasteiger partial charge in [0.2, 0.25) is 17.1 Å². The Morgan fingerprint density at radius 3 is 2.72 bits per heavy atom. The van der Waals surface area contributed by atoms with Gasteiger partial charge in [-0.3, -0.25) is 4.79 Å². The maximum atomic E-state index is 12.8. The largest absolute Gasteiger partial charge is 0.456 e. The molecule has 0 bridgehead atoms. The molecular weight excluding hydrogens is 384 g/mol. The zero-order chi connectivity index (χ0) is 17.6. The van der Waals surface area contributed by atoms with E-state index in [0.29, 0.717) is 11.0 Å². The smallest absolute Gasteiger partial charge is 0.235 e. The molecule has 5 nitrogen and oxygen atoms in total. The molecule has 0 saturated heterocycles. The Balaban J connectivity index is 2.07. The maximum absolute atomic E-state index is 12.8. The first kappa shape index (κ1) is 15.5. The van der Waals surface area contributed by atoms with Crippen LogP contribution in [0.15, 0.2) is 73.7 Å². The summed E-state index contributed by atoms with van der Waals surface area (Å²) < 4.78 is 12.3. The first-order valence-corrected chi connectivity index (χ1v) is 8.28. The van der Waals surface area contributed by atoms with Gasteiger partial charge in [-0.2, -0.15) is 5.26 Å². The molecule has 1 atom stereocenters. The summed E-state index contributed by atoms with van der Waals surface area (Å²) in [6.07, 6.45) is 0. The molecule has 1 aromatic heterocycles. The van der Waals surface area contributed by atoms with Gasteiger partial charge in [-0.1, -0.05) is 40.2 Å². The van der Waals surface area contributed by atoms with Crippen molar-refractivity contribution in [1.82, 2.24) is 0 Å².